The van der Waals surface area contributed by atoms with Crippen LogP contribution >= 0.6 is 0 Å². The molecule has 3 unspecified atom stereocenters. The van der Waals surface area contributed by atoms with Gasteiger partial charge >= 0.3 is 0 Å². The van der Waals surface area contributed by atoms with Crippen LogP contribution in [-0.2, 0) is 0 Å². The van der Waals surface area contributed by atoms with Crippen LogP contribution in [0.2, 0.25) is 0 Å². The van der Waals surface area contributed by atoms with E-state index in [1.54, 1.807) is 0 Å². The Balaban J connectivity index is 1.85. The molecule has 1 aromatic rings. The molecule has 0 saturated heterocycles. The van der Waals surface area contributed by atoms with E-state index in [1.165, 1.54) is 5.56 Å². The highest BCUT2D eigenvalue weighted by molar-refractivity contribution is 5.26. The molecule has 2 N–H and O–H groups in total. The van der Waals surface area contributed by atoms with Crippen LogP contribution < -0.4 is 0 Å². The molecule has 0 radical (unpaired) electrons. The zero-order chi connectivity index (χ0) is 10.7. The van der Waals surface area contributed by atoms with Crippen LogP contribution in [0.15, 0.2) is 30.3 Å². The van der Waals surface area contributed by atoms with E-state index >= 15 is 0 Å². The van der Waals surface area contributed by atoms with Gasteiger partial charge in [0, 0.05) is 6.61 Å². The smallest absolute Gasteiger partial charge is 0.0575 e. The molecule has 0 heterocycles. The van der Waals surface area contributed by atoms with E-state index in [1.807, 2.05) is 18.2 Å². The zero-order valence-electron chi connectivity index (χ0n) is 8.84. The Morgan fingerprint density at radius 2 is 2.00 bits per heavy atom. The van der Waals surface area contributed by atoms with Gasteiger partial charge in [0.15, 0.2) is 0 Å². The molecule has 1 saturated carbocycles. The predicted molar refractivity (Wildman–Crippen MR) is 59.6 cm³/mol. The molecule has 0 aliphatic heterocycles. The second-order valence-corrected chi connectivity index (χ2v) is 4.35. The molecule has 2 rings (SSSR count). The lowest BCUT2D eigenvalue weighted by molar-refractivity contribution is 0.127. The van der Waals surface area contributed by atoms with Crippen LogP contribution in [0.4, 0.5) is 0 Å². The Kier molecular flexibility index (Phi) is 3.39. The minimum atomic E-state index is -0.234. The van der Waals surface area contributed by atoms with Gasteiger partial charge in [-0.1, -0.05) is 30.3 Å². The number of rotatable bonds is 5. The Morgan fingerprint density at radius 1 is 1.27 bits per heavy atom. The molecule has 1 aliphatic rings. The maximum Gasteiger partial charge on any atom is 0.0575 e. The first kappa shape index (κ1) is 10.7. The van der Waals surface area contributed by atoms with E-state index in [2.05, 4.69) is 12.1 Å². The normalized spacial score (nSPS) is 26.3. The van der Waals surface area contributed by atoms with Gasteiger partial charge in [-0.2, -0.15) is 0 Å². The zero-order valence-corrected chi connectivity index (χ0v) is 8.84. The molecule has 0 amide bonds. The van der Waals surface area contributed by atoms with Crippen molar-refractivity contribution < 1.29 is 10.2 Å². The number of aliphatic hydroxyl groups is 2. The Labute approximate surface area is 90.6 Å². The average Bonchev–Trinajstić information content (AvgIpc) is 3.07. The first-order valence-electron chi connectivity index (χ1n) is 5.67. The summed E-state index contributed by atoms with van der Waals surface area (Å²) < 4.78 is 0. The molecular formula is C13H18O2. The van der Waals surface area contributed by atoms with E-state index < -0.39 is 0 Å². The number of aliphatic hydroxyl groups excluding tert-OH is 2. The molecule has 1 fully saturated rings. The van der Waals surface area contributed by atoms with Crippen molar-refractivity contribution in [2.45, 2.75) is 31.3 Å². The first-order valence-corrected chi connectivity index (χ1v) is 5.67. The molecule has 0 bridgehead atoms. The minimum absolute atomic E-state index is 0.180. The minimum Gasteiger partial charge on any atom is -0.396 e. The van der Waals surface area contributed by atoms with Crippen LogP contribution in [0.25, 0.3) is 0 Å². The highest BCUT2D eigenvalue weighted by Gasteiger charge is 2.42. The Morgan fingerprint density at radius 3 is 2.67 bits per heavy atom. The fraction of sp³-hybridized carbons (Fsp3) is 0.538. The van der Waals surface area contributed by atoms with Gasteiger partial charge in [-0.3, -0.25) is 0 Å². The summed E-state index contributed by atoms with van der Waals surface area (Å²) in [6.45, 7) is 0.180. The predicted octanol–water partition coefficient (Wildman–Crippen LogP) is 1.92. The maximum absolute atomic E-state index is 9.84. The largest absolute Gasteiger partial charge is 0.396 e. The van der Waals surface area contributed by atoms with Gasteiger partial charge in [0.25, 0.3) is 0 Å². The van der Waals surface area contributed by atoms with Crippen molar-refractivity contribution in [3.05, 3.63) is 35.9 Å². The van der Waals surface area contributed by atoms with E-state index in [4.69, 9.17) is 5.11 Å². The van der Waals surface area contributed by atoms with Crippen molar-refractivity contribution in [1.82, 2.24) is 0 Å². The summed E-state index contributed by atoms with van der Waals surface area (Å²) in [5, 5.41) is 18.5. The highest BCUT2D eigenvalue weighted by Crippen LogP contribution is 2.50. The van der Waals surface area contributed by atoms with Crippen LogP contribution in [0.1, 0.15) is 30.7 Å². The summed E-state index contributed by atoms with van der Waals surface area (Å²) in [4.78, 5) is 0. The summed E-state index contributed by atoms with van der Waals surface area (Å²) in [5.41, 5.74) is 1.34. The third kappa shape index (κ3) is 2.58. The molecule has 2 nitrogen and oxygen atoms in total. The summed E-state index contributed by atoms with van der Waals surface area (Å²) in [7, 11) is 0. The van der Waals surface area contributed by atoms with E-state index in [0.717, 1.165) is 12.8 Å². The maximum atomic E-state index is 9.84. The topological polar surface area (TPSA) is 40.5 Å². The SMILES string of the molecule is OCCCC(O)C1CC1c1ccccc1. The number of hydrogen-bond acceptors (Lipinski definition) is 2. The van der Waals surface area contributed by atoms with E-state index in [-0.39, 0.29) is 12.7 Å². The molecule has 0 aromatic heterocycles. The number of benzene rings is 1. The Hall–Kier alpha value is -0.860. The number of hydrogen-bond donors (Lipinski definition) is 2. The third-order valence-electron chi connectivity index (χ3n) is 3.22. The van der Waals surface area contributed by atoms with Gasteiger partial charge < -0.3 is 10.2 Å². The molecule has 82 valence electrons. The lowest BCUT2D eigenvalue weighted by Crippen LogP contribution is -2.10. The van der Waals surface area contributed by atoms with Crippen molar-refractivity contribution in [1.29, 1.82) is 0 Å². The van der Waals surface area contributed by atoms with Gasteiger partial charge in [-0.25, -0.2) is 0 Å². The van der Waals surface area contributed by atoms with Gasteiger partial charge in [-0.15, -0.1) is 0 Å². The van der Waals surface area contributed by atoms with E-state index in [0.29, 0.717) is 18.3 Å². The fourth-order valence-electron chi connectivity index (χ4n) is 2.24. The van der Waals surface area contributed by atoms with Gasteiger partial charge in [-0.05, 0) is 36.7 Å². The Bertz CT molecular complexity index is 297. The monoisotopic (exact) mass is 206 g/mol. The fourth-order valence-corrected chi connectivity index (χ4v) is 2.24. The van der Waals surface area contributed by atoms with Crippen molar-refractivity contribution in [3.8, 4) is 0 Å². The first-order chi connectivity index (χ1) is 7.33. The molecular weight excluding hydrogens is 188 g/mol. The third-order valence-corrected chi connectivity index (χ3v) is 3.22. The average molecular weight is 206 g/mol. The summed E-state index contributed by atoms with van der Waals surface area (Å²) in [6, 6.07) is 10.4. The van der Waals surface area contributed by atoms with Gasteiger partial charge in [0.05, 0.1) is 6.10 Å². The van der Waals surface area contributed by atoms with Crippen molar-refractivity contribution in [2.24, 2.45) is 5.92 Å². The van der Waals surface area contributed by atoms with Crippen LogP contribution in [0.3, 0.4) is 0 Å². The van der Waals surface area contributed by atoms with Crippen molar-refractivity contribution in [3.63, 3.8) is 0 Å². The quantitative estimate of drug-likeness (QED) is 0.772. The molecule has 3 atom stereocenters. The molecule has 1 aromatic carbocycles. The standard InChI is InChI=1S/C13H18O2/c14-8-4-7-13(15)12-9-11(12)10-5-2-1-3-6-10/h1-3,5-6,11-15H,4,7-9H2. The molecule has 2 heteroatoms. The molecule has 0 spiro atoms. The molecule has 1 aliphatic carbocycles. The van der Waals surface area contributed by atoms with Gasteiger partial charge in [0.2, 0.25) is 0 Å². The lowest BCUT2D eigenvalue weighted by atomic mass is 10.0. The highest BCUT2D eigenvalue weighted by atomic mass is 16.3. The van der Waals surface area contributed by atoms with Crippen LogP contribution in [-0.4, -0.2) is 22.9 Å². The molecule has 15 heavy (non-hydrogen) atoms. The second-order valence-electron chi connectivity index (χ2n) is 4.35. The summed E-state index contributed by atoms with van der Waals surface area (Å²) in [6.07, 6.45) is 2.29. The van der Waals surface area contributed by atoms with Crippen LogP contribution in [0, 0.1) is 5.92 Å². The summed E-state index contributed by atoms with van der Waals surface area (Å²) >= 11 is 0. The van der Waals surface area contributed by atoms with Crippen molar-refractivity contribution in [2.75, 3.05) is 6.61 Å². The second kappa shape index (κ2) is 4.77. The van der Waals surface area contributed by atoms with E-state index in [9.17, 15) is 5.11 Å². The van der Waals surface area contributed by atoms with Crippen molar-refractivity contribution >= 4 is 0 Å². The lowest BCUT2D eigenvalue weighted by Gasteiger charge is -2.08. The summed E-state index contributed by atoms with van der Waals surface area (Å²) in [5.74, 6) is 0.957. The van der Waals surface area contributed by atoms with Crippen LogP contribution in [0.5, 0.6) is 0 Å². The van der Waals surface area contributed by atoms with Gasteiger partial charge in [0.1, 0.15) is 0 Å².